The van der Waals surface area contributed by atoms with Gasteiger partial charge in [0.05, 0.1) is 0 Å². The molecule has 0 saturated carbocycles. The van der Waals surface area contributed by atoms with Crippen LogP contribution in [-0.2, 0) is 6.42 Å². The monoisotopic (exact) mass is 400 g/mol. The molecule has 28 heavy (non-hydrogen) atoms. The zero-order chi connectivity index (χ0) is 20.2. The summed E-state index contributed by atoms with van der Waals surface area (Å²) < 4.78 is 0. The molecule has 0 heterocycles. The summed E-state index contributed by atoms with van der Waals surface area (Å²) in [6.07, 6.45) is 12.2. The lowest BCUT2D eigenvalue weighted by Gasteiger charge is -2.19. The van der Waals surface area contributed by atoms with E-state index in [1.807, 2.05) is 6.07 Å². The number of hydrogen-bond acceptors (Lipinski definition) is 1. The van der Waals surface area contributed by atoms with Gasteiger partial charge in [-0.2, -0.15) is 0 Å². The Morgan fingerprint density at radius 3 is 2.11 bits per heavy atom. The Bertz CT molecular complexity index is 695. The van der Waals surface area contributed by atoms with Crippen molar-refractivity contribution in [3.05, 3.63) is 69.7 Å². The minimum Gasteiger partial charge on any atom is -0.396 e. The van der Waals surface area contributed by atoms with E-state index in [1.54, 1.807) is 0 Å². The SMILES string of the molecule is Cc1ccc(CC(CCCCCCCCCCO)c2cccc(Cl)c2)cc1C. The second kappa shape index (κ2) is 13.0. The Hall–Kier alpha value is -1.31. The number of benzene rings is 2. The zero-order valence-electron chi connectivity index (χ0n) is 17.7. The molecule has 0 aromatic heterocycles. The molecule has 1 nitrogen and oxygen atoms in total. The predicted molar refractivity (Wildman–Crippen MR) is 122 cm³/mol. The highest BCUT2D eigenvalue weighted by Crippen LogP contribution is 2.29. The maximum absolute atomic E-state index is 8.83. The number of halogens is 1. The first-order valence-electron chi connectivity index (χ1n) is 11.0. The van der Waals surface area contributed by atoms with Gasteiger partial charge in [-0.05, 0) is 73.4 Å². The van der Waals surface area contributed by atoms with E-state index in [1.165, 1.54) is 73.6 Å². The van der Waals surface area contributed by atoms with Crippen LogP contribution in [0.3, 0.4) is 0 Å². The van der Waals surface area contributed by atoms with Crippen molar-refractivity contribution < 1.29 is 5.11 Å². The van der Waals surface area contributed by atoms with E-state index in [4.69, 9.17) is 16.7 Å². The van der Waals surface area contributed by atoms with Crippen molar-refractivity contribution in [3.63, 3.8) is 0 Å². The summed E-state index contributed by atoms with van der Waals surface area (Å²) in [4.78, 5) is 0. The first-order chi connectivity index (χ1) is 13.6. The minimum atomic E-state index is 0.339. The smallest absolute Gasteiger partial charge is 0.0431 e. The van der Waals surface area contributed by atoms with Crippen molar-refractivity contribution >= 4 is 11.6 Å². The van der Waals surface area contributed by atoms with Crippen LogP contribution in [0, 0.1) is 13.8 Å². The first kappa shape index (κ1) is 23.0. The third kappa shape index (κ3) is 8.37. The highest BCUT2D eigenvalue weighted by Gasteiger charge is 2.13. The summed E-state index contributed by atoms with van der Waals surface area (Å²) in [6, 6.07) is 15.3. The van der Waals surface area contributed by atoms with Gasteiger partial charge in [-0.1, -0.05) is 86.9 Å². The second-order valence-corrected chi connectivity index (χ2v) is 8.65. The van der Waals surface area contributed by atoms with Crippen LogP contribution < -0.4 is 0 Å². The van der Waals surface area contributed by atoms with Gasteiger partial charge in [0, 0.05) is 11.6 Å². The van der Waals surface area contributed by atoms with Crippen LogP contribution >= 0.6 is 11.6 Å². The molecular weight excluding hydrogens is 364 g/mol. The van der Waals surface area contributed by atoms with Crippen molar-refractivity contribution in [1.29, 1.82) is 0 Å². The van der Waals surface area contributed by atoms with Crippen molar-refractivity contribution in [2.45, 2.75) is 84.0 Å². The summed E-state index contributed by atoms with van der Waals surface area (Å²) in [5.41, 5.74) is 5.54. The molecule has 1 unspecified atom stereocenters. The summed E-state index contributed by atoms with van der Waals surface area (Å²) in [5, 5.41) is 9.67. The second-order valence-electron chi connectivity index (χ2n) is 8.22. The van der Waals surface area contributed by atoms with Gasteiger partial charge < -0.3 is 5.11 Å². The van der Waals surface area contributed by atoms with Crippen LogP contribution in [-0.4, -0.2) is 11.7 Å². The molecule has 2 heteroatoms. The van der Waals surface area contributed by atoms with Crippen LogP contribution in [0.1, 0.15) is 86.0 Å². The van der Waals surface area contributed by atoms with E-state index in [0.717, 1.165) is 17.9 Å². The van der Waals surface area contributed by atoms with Gasteiger partial charge in [0.1, 0.15) is 0 Å². The molecule has 0 aliphatic carbocycles. The zero-order valence-corrected chi connectivity index (χ0v) is 18.5. The molecule has 154 valence electrons. The number of unbranched alkanes of at least 4 members (excludes halogenated alkanes) is 7. The van der Waals surface area contributed by atoms with E-state index >= 15 is 0 Å². The number of aliphatic hydroxyl groups excluding tert-OH is 1. The molecular formula is C26H37ClO. The fourth-order valence-electron chi connectivity index (χ4n) is 3.93. The minimum absolute atomic E-state index is 0.339. The molecule has 0 amide bonds. The fraction of sp³-hybridized carbons (Fsp3) is 0.538. The summed E-state index contributed by atoms with van der Waals surface area (Å²) >= 11 is 6.28. The molecule has 0 aliphatic heterocycles. The predicted octanol–water partition coefficient (Wildman–Crippen LogP) is 7.79. The summed E-state index contributed by atoms with van der Waals surface area (Å²) in [7, 11) is 0. The highest BCUT2D eigenvalue weighted by molar-refractivity contribution is 6.30. The van der Waals surface area contributed by atoms with E-state index in [0.29, 0.717) is 12.5 Å². The molecule has 0 bridgehead atoms. The van der Waals surface area contributed by atoms with Crippen LogP contribution in [0.25, 0.3) is 0 Å². The summed E-state index contributed by atoms with van der Waals surface area (Å²) in [6.45, 7) is 4.72. The van der Waals surface area contributed by atoms with E-state index in [2.05, 4.69) is 50.2 Å². The van der Waals surface area contributed by atoms with Crippen molar-refractivity contribution in [1.82, 2.24) is 0 Å². The molecule has 1 atom stereocenters. The third-order valence-corrected chi connectivity index (χ3v) is 6.07. The summed E-state index contributed by atoms with van der Waals surface area (Å²) in [5.74, 6) is 0.533. The molecule has 0 aliphatic rings. The van der Waals surface area contributed by atoms with Gasteiger partial charge >= 0.3 is 0 Å². The van der Waals surface area contributed by atoms with Crippen molar-refractivity contribution in [3.8, 4) is 0 Å². The van der Waals surface area contributed by atoms with Crippen molar-refractivity contribution in [2.24, 2.45) is 0 Å². The highest BCUT2D eigenvalue weighted by atomic mass is 35.5. The Balaban J connectivity index is 1.86. The maximum Gasteiger partial charge on any atom is 0.0431 e. The quantitative estimate of drug-likeness (QED) is 0.340. The third-order valence-electron chi connectivity index (χ3n) is 5.83. The lowest BCUT2D eigenvalue weighted by Crippen LogP contribution is -2.04. The average molecular weight is 401 g/mol. The van der Waals surface area contributed by atoms with Gasteiger partial charge in [-0.3, -0.25) is 0 Å². The molecule has 0 radical (unpaired) electrons. The molecule has 0 fully saturated rings. The Morgan fingerprint density at radius 2 is 1.46 bits per heavy atom. The van der Waals surface area contributed by atoms with Crippen LogP contribution in [0.5, 0.6) is 0 Å². The fourth-order valence-corrected chi connectivity index (χ4v) is 4.12. The molecule has 2 rings (SSSR count). The molecule has 0 spiro atoms. The van der Waals surface area contributed by atoms with Gasteiger partial charge in [-0.15, -0.1) is 0 Å². The number of rotatable bonds is 13. The maximum atomic E-state index is 8.83. The van der Waals surface area contributed by atoms with Gasteiger partial charge in [0.2, 0.25) is 0 Å². The normalized spacial score (nSPS) is 12.3. The van der Waals surface area contributed by atoms with Crippen LogP contribution in [0.15, 0.2) is 42.5 Å². The lowest BCUT2D eigenvalue weighted by atomic mass is 9.86. The van der Waals surface area contributed by atoms with Crippen molar-refractivity contribution in [2.75, 3.05) is 6.61 Å². The van der Waals surface area contributed by atoms with E-state index in [-0.39, 0.29) is 0 Å². The van der Waals surface area contributed by atoms with Gasteiger partial charge in [0.15, 0.2) is 0 Å². The molecule has 2 aromatic rings. The van der Waals surface area contributed by atoms with E-state index in [9.17, 15) is 0 Å². The van der Waals surface area contributed by atoms with Gasteiger partial charge in [0.25, 0.3) is 0 Å². The molecule has 2 aromatic carbocycles. The van der Waals surface area contributed by atoms with Crippen LogP contribution in [0.4, 0.5) is 0 Å². The largest absolute Gasteiger partial charge is 0.396 e. The van der Waals surface area contributed by atoms with Gasteiger partial charge in [-0.25, -0.2) is 0 Å². The lowest BCUT2D eigenvalue weighted by molar-refractivity contribution is 0.282. The number of aliphatic hydroxyl groups is 1. The molecule has 0 saturated heterocycles. The Labute approximate surface area is 177 Å². The topological polar surface area (TPSA) is 20.2 Å². The van der Waals surface area contributed by atoms with E-state index < -0.39 is 0 Å². The van der Waals surface area contributed by atoms with Crippen LogP contribution in [0.2, 0.25) is 5.02 Å². The first-order valence-corrected chi connectivity index (χ1v) is 11.4. The standard InChI is InChI=1S/C26H37ClO/c1-21-15-16-23(18-22(21)2)19-24(25-13-11-14-26(27)20-25)12-9-7-5-3-4-6-8-10-17-28/h11,13-16,18,20,24,28H,3-10,12,17,19H2,1-2H3. The average Bonchev–Trinajstić information content (AvgIpc) is 2.68. The number of aryl methyl sites for hydroxylation is 2. The Kier molecular flexibility index (Phi) is 10.7. The number of hydrogen-bond donors (Lipinski definition) is 1. The molecule has 1 N–H and O–H groups in total. The Morgan fingerprint density at radius 1 is 0.786 bits per heavy atom.